The number of ketones is 1. The molecule has 2 aliphatic rings. The van der Waals surface area contributed by atoms with Gasteiger partial charge in [-0.1, -0.05) is 0 Å². The number of carbonyl (C=O) groups is 1. The predicted molar refractivity (Wildman–Crippen MR) is 53.2 cm³/mol. The molecular formula is C11H14O4. The molecule has 2 unspecified atom stereocenters. The Labute approximate surface area is 88.2 Å². The third-order valence-corrected chi connectivity index (χ3v) is 2.81. The normalized spacial score (nSPS) is 35.5. The van der Waals surface area contributed by atoms with Crippen molar-refractivity contribution < 1.29 is 19.4 Å². The molecule has 15 heavy (non-hydrogen) atoms. The van der Waals surface area contributed by atoms with Crippen LogP contribution in [0.2, 0.25) is 0 Å². The summed E-state index contributed by atoms with van der Waals surface area (Å²) < 4.78 is 10.5. The second-order valence-electron chi connectivity index (χ2n) is 3.77. The first kappa shape index (κ1) is 10.4. The first-order chi connectivity index (χ1) is 7.18. The Kier molecular flexibility index (Phi) is 2.63. The van der Waals surface area contributed by atoms with E-state index in [2.05, 4.69) is 0 Å². The lowest BCUT2D eigenvalue weighted by molar-refractivity contribution is -0.118. The van der Waals surface area contributed by atoms with Crippen LogP contribution in [0.15, 0.2) is 24.0 Å². The third kappa shape index (κ3) is 1.70. The zero-order chi connectivity index (χ0) is 10.9. The van der Waals surface area contributed by atoms with Gasteiger partial charge in [-0.2, -0.15) is 0 Å². The van der Waals surface area contributed by atoms with Gasteiger partial charge >= 0.3 is 0 Å². The van der Waals surface area contributed by atoms with E-state index < -0.39 is 11.7 Å². The Balaban J connectivity index is 2.31. The Bertz CT molecular complexity index is 331. The van der Waals surface area contributed by atoms with Crippen LogP contribution in [0, 0.1) is 0 Å². The summed E-state index contributed by atoms with van der Waals surface area (Å²) in [5.41, 5.74) is -0.864. The molecule has 4 heteroatoms. The lowest BCUT2D eigenvalue weighted by atomic mass is 9.86. The zero-order valence-electron chi connectivity index (χ0n) is 8.60. The Morgan fingerprint density at radius 2 is 2.47 bits per heavy atom. The van der Waals surface area contributed by atoms with Crippen LogP contribution in [0.1, 0.15) is 12.8 Å². The maximum atomic E-state index is 11.3. The fraction of sp³-hybridized carbons (Fsp3) is 0.545. The van der Waals surface area contributed by atoms with Gasteiger partial charge in [0, 0.05) is 6.61 Å². The maximum absolute atomic E-state index is 11.3. The van der Waals surface area contributed by atoms with E-state index in [1.54, 1.807) is 12.2 Å². The largest absolute Gasteiger partial charge is 0.493 e. The van der Waals surface area contributed by atoms with E-state index in [1.165, 1.54) is 13.2 Å². The monoisotopic (exact) mass is 210 g/mol. The molecular weight excluding hydrogens is 196 g/mol. The van der Waals surface area contributed by atoms with E-state index in [0.29, 0.717) is 13.0 Å². The minimum Gasteiger partial charge on any atom is -0.493 e. The molecule has 1 saturated heterocycles. The van der Waals surface area contributed by atoms with Gasteiger partial charge in [-0.15, -0.1) is 0 Å². The van der Waals surface area contributed by atoms with Crippen LogP contribution in [0.4, 0.5) is 0 Å². The number of aliphatic hydroxyl groups is 1. The molecule has 1 aliphatic heterocycles. The Morgan fingerprint density at radius 3 is 3.13 bits per heavy atom. The van der Waals surface area contributed by atoms with Gasteiger partial charge in [0.15, 0.2) is 5.76 Å². The molecule has 0 aromatic heterocycles. The van der Waals surface area contributed by atoms with Gasteiger partial charge in [0.25, 0.3) is 0 Å². The Morgan fingerprint density at radius 1 is 1.67 bits per heavy atom. The number of hydrogen-bond acceptors (Lipinski definition) is 4. The van der Waals surface area contributed by atoms with Crippen LogP contribution in [-0.2, 0) is 14.3 Å². The topological polar surface area (TPSA) is 55.8 Å². The third-order valence-electron chi connectivity index (χ3n) is 2.81. The molecule has 0 radical (unpaired) electrons. The quantitative estimate of drug-likeness (QED) is 0.687. The van der Waals surface area contributed by atoms with E-state index >= 15 is 0 Å². The van der Waals surface area contributed by atoms with Crippen molar-refractivity contribution >= 4 is 5.78 Å². The lowest BCUT2D eigenvalue weighted by Gasteiger charge is -2.38. The standard InChI is InChI=1S/C11H14O4/c1-14-9-7-11(5-4-8(9)12)10(13)3-2-6-15-11/h4-5,7,10,13H,2-3,6H2,1H3. The fourth-order valence-electron chi connectivity index (χ4n) is 1.92. The smallest absolute Gasteiger partial charge is 0.219 e. The number of hydrogen-bond donors (Lipinski definition) is 1. The average Bonchev–Trinajstić information content (AvgIpc) is 2.26. The first-order valence-electron chi connectivity index (χ1n) is 5.00. The molecule has 1 spiro atoms. The summed E-state index contributed by atoms with van der Waals surface area (Å²) in [6.07, 6.45) is 5.47. The Hall–Kier alpha value is -1.13. The lowest BCUT2D eigenvalue weighted by Crippen LogP contribution is -2.47. The fourth-order valence-corrected chi connectivity index (χ4v) is 1.92. The number of rotatable bonds is 1. The molecule has 82 valence electrons. The number of allylic oxidation sites excluding steroid dienone is 1. The number of aliphatic hydroxyl groups excluding tert-OH is 1. The molecule has 0 aromatic rings. The van der Waals surface area contributed by atoms with Crippen molar-refractivity contribution in [1.29, 1.82) is 0 Å². The van der Waals surface area contributed by atoms with Crippen LogP contribution < -0.4 is 0 Å². The van der Waals surface area contributed by atoms with Crippen molar-refractivity contribution in [3.8, 4) is 0 Å². The van der Waals surface area contributed by atoms with E-state index in [-0.39, 0.29) is 11.5 Å². The minimum atomic E-state index is -0.864. The van der Waals surface area contributed by atoms with E-state index in [0.717, 1.165) is 6.42 Å². The predicted octanol–water partition coefficient (Wildman–Crippen LogP) is 0.566. The summed E-state index contributed by atoms with van der Waals surface area (Å²) in [5, 5.41) is 9.90. The molecule has 2 rings (SSSR count). The molecule has 4 nitrogen and oxygen atoms in total. The van der Waals surface area contributed by atoms with Crippen molar-refractivity contribution in [1.82, 2.24) is 0 Å². The summed E-state index contributed by atoms with van der Waals surface area (Å²) in [4.78, 5) is 11.3. The summed E-state index contributed by atoms with van der Waals surface area (Å²) >= 11 is 0. The van der Waals surface area contributed by atoms with Gasteiger partial charge in [-0.05, 0) is 31.1 Å². The van der Waals surface area contributed by atoms with Crippen molar-refractivity contribution in [3.05, 3.63) is 24.0 Å². The number of methoxy groups -OCH3 is 1. The highest BCUT2D eigenvalue weighted by Crippen LogP contribution is 2.32. The van der Waals surface area contributed by atoms with Crippen LogP contribution in [-0.4, -0.2) is 36.3 Å². The van der Waals surface area contributed by atoms with Gasteiger partial charge in [0.05, 0.1) is 13.2 Å². The highest BCUT2D eigenvalue weighted by molar-refractivity contribution is 6.03. The number of carbonyl (C=O) groups excluding carboxylic acids is 1. The minimum absolute atomic E-state index is 0.190. The van der Waals surface area contributed by atoms with Crippen molar-refractivity contribution in [2.24, 2.45) is 0 Å². The molecule has 1 aliphatic carbocycles. The van der Waals surface area contributed by atoms with Crippen LogP contribution in [0.5, 0.6) is 0 Å². The van der Waals surface area contributed by atoms with Gasteiger partial charge < -0.3 is 14.6 Å². The molecule has 0 amide bonds. The van der Waals surface area contributed by atoms with Crippen LogP contribution in [0.25, 0.3) is 0 Å². The zero-order valence-corrected chi connectivity index (χ0v) is 8.60. The van der Waals surface area contributed by atoms with Crippen molar-refractivity contribution in [3.63, 3.8) is 0 Å². The van der Waals surface area contributed by atoms with Gasteiger partial charge in [-0.3, -0.25) is 4.79 Å². The first-order valence-corrected chi connectivity index (χ1v) is 5.00. The average molecular weight is 210 g/mol. The maximum Gasteiger partial charge on any atom is 0.219 e. The highest BCUT2D eigenvalue weighted by atomic mass is 16.5. The molecule has 0 saturated carbocycles. The van der Waals surface area contributed by atoms with E-state index in [4.69, 9.17) is 9.47 Å². The molecule has 0 aromatic carbocycles. The molecule has 2 atom stereocenters. The second kappa shape index (κ2) is 3.79. The van der Waals surface area contributed by atoms with Crippen molar-refractivity contribution in [2.75, 3.05) is 13.7 Å². The van der Waals surface area contributed by atoms with Gasteiger partial charge in [0.2, 0.25) is 5.78 Å². The molecule has 1 fully saturated rings. The molecule has 1 N–H and O–H groups in total. The summed E-state index contributed by atoms with van der Waals surface area (Å²) in [6, 6.07) is 0. The van der Waals surface area contributed by atoms with Gasteiger partial charge in [0.1, 0.15) is 5.60 Å². The summed E-state index contributed by atoms with van der Waals surface area (Å²) in [5.74, 6) is 0.0444. The summed E-state index contributed by atoms with van der Waals surface area (Å²) in [6.45, 7) is 0.586. The number of ether oxygens (including phenoxy) is 2. The van der Waals surface area contributed by atoms with Crippen LogP contribution >= 0.6 is 0 Å². The van der Waals surface area contributed by atoms with Crippen LogP contribution in [0.3, 0.4) is 0 Å². The molecule has 0 bridgehead atoms. The van der Waals surface area contributed by atoms with Crippen molar-refractivity contribution in [2.45, 2.75) is 24.5 Å². The van der Waals surface area contributed by atoms with Gasteiger partial charge in [-0.25, -0.2) is 0 Å². The van der Waals surface area contributed by atoms with E-state index in [9.17, 15) is 9.90 Å². The second-order valence-corrected chi connectivity index (χ2v) is 3.77. The summed E-state index contributed by atoms with van der Waals surface area (Å²) in [7, 11) is 1.44. The highest BCUT2D eigenvalue weighted by Gasteiger charge is 2.40. The SMILES string of the molecule is COC1=CC2(C=CC1=O)OCCCC2O. The molecule has 1 heterocycles. The van der Waals surface area contributed by atoms with E-state index in [1.807, 2.05) is 0 Å².